The van der Waals surface area contributed by atoms with E-state index in [4.69, 9.17) is 21.2 Å². The monoisotopic (exact) mass is 728 g/mol. The van der Waals surface area contributed by atoms with Crippen LogP contribution >= 0.6 is 22.6 Å². The van der Waals surface area contributed by atoms with Gasteiger partial charge in [0.05, 0.1) is 19.8 Å². The molecule has 0 aromatic heterocycles. The van der Waals surface area contributed by atoms with E-state index in [0.29, 0.717) is 33.9 Å². The number of terminal acetylenes is 1. The van der Waals surface area contributed by atoms with Crippen molar-refractivity contribution in [1.82, 2.24) is 0 Å². The Morgan fingerprint density at radius 1 is 0.733 bits per heavy atom. The van der Waals surface area contributed by atoms with Crippen LogP contribution in [-0.2, 0) is 0 Å². The van der Waals surface area contributed by atoms with Gasteiger partial charge in [-0.3, -0.25) is 4.99 Å². The number of methoxy groups -OCH3 is 2. The minimum atomic E-state index is -2.83. The molecular formula is C34H25F4IN2O4. The number of ether oxygens (including phenoxy) is 4. The van der Waals surface area contributed by atoms with Crippen molar-refractivity contribution in [3.05, 3.63) is 111 Å². The van der Waals surface area contributed by atoms with Crippen LogP contribution in [0.15, 0.2) is 89.9 Å². The van der Waals surface area contributed by atoms with Gasteiger partial charge in [-0.1, -0.05) is 17.8 Å². The fourth-order valence-corrected chi connectivity index (χ4v) is 3.62. The number of rotatable bonds is 7. The number of aliphatic imine (C=N–C) groups is 1. The van der Waals surface area contributed by atoms with Gasteiger partial charge in [-0.05, 0) is 114 Å². The van der Waals surface area contributed by atoms with Crippen molar-refractivity contribution in [2.75, 3.05) is 14.2 Å². The summed E-state index contributed by atoms with van der Waals surface area (Å²) in [6.45, 7) is -2.09. The fraction of sp³-hybridized carbons (Fsp3) is 0.118. The number of nitrogens with zero attached hydrogens (tertiary/aromatic N) is 2. The van der Waals surface area contributed by atoms with Crippen LogP contribution < -0.4 is 18.9 Å². The SMILES string of the molecule is C#Cc1ccc(OC)c(C#N)c1.C=Nc1cc(C#Cc2ccc(OC(F)F)cc2)ccc1OC.FC(F)Oc1ccc(I)cc1. The zero-order valence-electron chi connectivity index (χ0n) is 23.9. The average Bonchev–Trinajstić information content (AvgIpc) is 3.05. The zero-order valence-corrected chi connectivity index (χ0v) is 26.1. The molecule has 0 amide bonds. The number of alkyl halides is 4. The van der Waals surface area contributed by atoms with E-state index < -0.39 is 13.2 Å². The molecule has 0 bridgehead atoms. The Kier molecular flexibility index (Phi) is 15.3. The highest BCUT2D eigenvalue weighted by molar-refractivity contribution is 14.1. The Labute approximate surface area is 272 Å². The molecule has 0 fully saturated rings. The maximum absolute atomic E-state index is 12.0. The van der Waals surface area contributed by atoms with Crippen molar-refractivity contribution < 1.29 is 36.5 Å². The quantitative estimate of drug-likeness (QED) is 0.0827. The van der Waals surface area contributed by atoms with Crippen molar-refractivity contribution in [3.8, 4) is 53.3 Å². The Balaban J connectivity index is 0.000000259. The second kappa shape index (κ2) is 19.2. The van der Waals surface area contributed by atoms with Gasteiger partial charge in [0.25, 0.3) is 0 Å². The van der Waals surface area contributed by atoms with Crippen molar-refractivity contribution >= 4 is 35.0 Å². The van der Waals surface area contributed by atoms with Gasteiger partial charge in [-0.15, -0.1) is 6.42 Å². The number of halogens is 5. The molecular weight excluding hydrogens is 703 g/mol. The van der Waals surface area contributed by atoms with Gasteiger partial charge in [0.15, 0.2) is 0 Å². The first-order valence-electron chi connectivity index (χ1n) is 12.6. The highest BCUT2D eigenvalue weighted by Gasteiger charge is 2.04. The third-order valence-electron chi connectivity index (χ3n) is 5.31. The van der Waals surface area contributed by atoms with Gasteiger partial charge in [0, 0.05) is 20.3 Å². The summed E-state index contributed by atoms with van der Waals surface area (Å²) >= 11 is 2.09. The van der Waals surface area contributed by atoms with Crippen LogP contribution in [0.1, 0.15) is 22.3 Å². The number of hydrogen-bond acceptors (Lipinski definition) is 6. The predicted octanol–water partition coefficient (Wildman–Crippen LogP) is 8.47. The van der Waals surface area contributed by atoms with E-state index in [-0.39, 0.29) is 11.5 Å². The molecule has 6 nitrogen and oxygen atoms in total. The highest BCUT2D eigenvalue weighted by atomic mass is 127. The number of nitriles is 1. The minimum Gasteiger partial charge on any atom is -0.495 e. The first kappa shape index (κ1) is 36.0. The largest absolute Gasteiger partial charge is 0.495 e. The van der Waals surface area contributed by atoms with Gasteiger partial charge in [0.2, 0.25) is 0 Å². The summed E-state index contributed by atoms with van der Waals surface area (Å²) < 4.78 is 66.8. The summed E-state index contributed by atoms with van der Waals surface area (Å²) in [6, 6.07) is 24.9. The van der Waals surface area contributed by atoms with E-state index in [0.717, 1.165) is 9.13 Å². The van der Waals surface area contributed by atoms with E-state index >= 15 is 0 Å². The van der Waals surface area contributed by atoms with Gasteiger partial charge in [-0.25, -0.2) is 0 Å². The van der Waals surface area contributed by atoms with Gasteiger partial charge >= 0.3 is 13.2 Å². The molecule has 230 valence electrons. The van der Waals surface area contributed by atoms with E-state index in [2.05, 4.69) is 61.5 Å². The third-order valence-corrected chi connectivity index (χ3v) is 6.02. The first-order valence-corrected chi connectivity index (χ1v) is 13.7. The van der Waals surface area contributed by atoms with E-state index in [1.807, 2.05) is 6.07 Å². The molecule has 0 saturated carbocycles. The van der Waals surface area contributed by atoms with Crippen LogP contribution in [0.4, 0.5) is 23.2 Å². The summed E-state index contributed by atoms with van der Waals surface area (Å²) in [7, 11) is 3.07. The van der Waals surface area contributed by atoms with Crippen LogP contribution in [0.3, 0.4) is 0 Å². The first-order chi connectivity index (χ1) is 21.6. The fourth-order valence-electron chi connectivity index (χ4n) is 3.26. The molecule has 4 aromatic carbocycles. The Bertz CT molecular complexity index is 1690. The third kappa shape index (κ3) is 12.9. The molecule has 4 rings (SSSR count). The molecule has 0 radical (unpaired) electrons. The van der Waals surface area contributed by atoms with Crippen LogP contribution in [0.25, 0.3) is 0 Å². The standard InChI is InChI=1S/C17H13F2NO2.C10H7NO.C7H5F2IO/c1-20-15-11-13(7-10-16(15)21-2)4-3-12-5-8-14(9-6-12)22-17(18)19;1-3-8-4-5-10(12-2)9(6-8)7-11;8-7(9)11-6-3-1-5(10)2-4-6/h5-11,17H,1H2,2H3;1,4-6H,2H3;1-4,7H. The Morgan fingerprint density at radius 2 is 1.22 bits per heavy atom. The van der Waals surface area contributed by atoms with Crippen molar-refractivity contribution in [3.63, 3.8) is 0 Å². The lowest BCUT2D eigenvalue weighted by Crippen LogP contribution is -2.01. The maximum Gasteiger partial charge on any atom is 0.387 e. The lowest BCUT2D eigenvalue weighted by molar-refractivity contribution is -0.0505. The van der Waals surface area contributed by atoms with Crippen LogP contribution in [0, 0.1) is 39.1 Å². The summed E-state index contributed by atoms with van der Waals surface area (Å²) in [4.78, 5) is 3.87. The molecule has 0 aliphatic rings. The van der Waals surface area contributed by atoms with Crippen LogP contribution in [-0.4, -0.2) is 34.2 Å². The predicted molar refractivity (Wildman–Crippen MR) is 173 cm³/mol. The lowest BCUT2D eigenvalue weighted by atomic mass is 10.1. The molecule has 0 saturated heterocycles. The van der Waals surface area contributed by atoms with Crippen LogP contribution in [0.2, 0.25) is 0 Å². The molecule has 0 aliphatic carbocycles. The Morgan fingerprint density at radius 3 is 1.71 bits per heavy atom. The number of benzene rings is 4. The van der Waals surface area contributed by atoms with Crippen LogP contribution in [0.5, 0.6) is 23.0 Å². The van der Waals surface area contributed by atoms with Crippen molar-refractivity contribution in [1.29, 1.82) is 5.26 Å². The topological polar surface area (TPSA) is 73.1 Å². The van der Waals surface area contributed by atoms with Gasteiger partial charge < -0.3 is 18.9 Å². The summed E-state index contributed by atoms with van der Waals surface area (Å²) in [5, 5.41) is 8.67. The normalized spacial score (nSPS) is 9.49. The molecule has 0 N–H and O–H groups in total. The van der Waals surface area contributed by atoms with E-state index in [9.17, 15) is 17.6 Å². The highest BCUT2D eigenvalue weighted by Crippen LogP contribution is 2.27. The molecule has 0 heterocycles. The molecule has 0 unspecified atom stereocenters. The Hall–Kier alpha value is -5.19. The minimum absolute atomic E-state index is 0.100. The maximum atomic E-state index is 12.0. The zero-order chi connectivity index (χ0) is 33.2. The molecule has 4 aromatic rings. The molecule has 0 spiro atoms. The second-order valence-corrected chi connectivity index (χ2v) is 9.45. The average molecular weight is 728 g/mol. The smallest absolute Gasteiger partial charge is 0.387 e. The van der Waals surface area contributed by atoms with E-state index in [1.54, 1.807) is 67.8 Å². The molecule has 0 aliphatic heterocycles. The summed E-state index contributed by atoms with van der Waals surface area (Å²) in [5.41, 5.74) is 3.19. The molecule has 11 heteroatoms. The van der Waals surface area contributed by atoms with Crippen molar-refractivity contribution in [2.24, 2.45) is 4.99 Å². The summed E-state index contributed by atoms with van der Waals surface area (Å²) in [6.07, 6.45) is 5.16. The lowest BCUT2D eigenvalue weighted by Gasteiger charge is -2.04. The molecule has 45 heavy (non-hydrogen) atoms. The summed E-state index contributed by atoms with van der Waals surface area (Å²) in [5.74, 6) is 9.81. The van der Waals surface area contributed by atoms with E-state index in [1.165, 1.54) is 31.4 Å². The van der Waals surface area contributed by atoms with Gasteiger partial charge in [0.1, 0.15) is 34.8 Å². The number of hydrogen-bond donors (Lipinski definition) is 0. The molecule has 0 atom stereocenters. The van der Waals surface area contributed by atoms with Crippen molar-refractivity contribution in [2.45, 2.75) is 13.2 Å². The van der Waals surface area contributed by atoms with Gasteiger partial charge in [-0.2, -0.15) is 22.8 Å². The second-order valence-electron chi connectivity index (χ2n) is 8.20.